The van der Waals surface area contributed by atoms with E-state index in [4.69, 9.17) is 10.5 Å². The summed E-state index contributed by atoms with van der Waals surface area (Å²) in [4.78, 5) is 11.6. The van der Waals surface area contributed by atoms with Crippen molar-refractivity contribution in [1.82, 2.24) is 0 Å². The molecule has 1 aromatic rings. The minimum absolute atomic E-state index is 0.0415. The van der Waals surface area contributed by atoms with E-state index in [9.17, 15) is 9.00 Å². The van der Waals surface area contributed by atoms with Crippen LogP contribution in [-0.2, 0) is 20.3 Å². The molecule has 0 aliphatic carbocycles. The van der Waals surface area contributed by atoms with Gasteiger partial charge in [-0.05, 0) is 34.1 Å². The smallest absolute Gasteiger partial charge is 0.237 e. The number of nitrogen functional groups attached to an aromatic ring is 1. The maximum Gasteiger partial charge on any atom is 0.237 e. The molecule has 1 aromatic carbocycles. The van der Waals surface area contributed by atoms with Crippen molar-refractivity contribution in [1.29, 1.82) is 0 Å². The quantitative estimate of drug-likeness (QED) is 0.770. The number of amides is 1. The third-order valence-corrected chi connectivity index (χ3v) is 3.94. The minimum atomic E-state index is -1.21. The Labute approximate surface area is 117 Å². The van der Waals surface area contributed by atoms with Gasteiger partial charge in [0.15, 0.2) is 0 Å². The molecule has 100 valence electrons. The van der Waals surface area contributed by atoms with E-state index in [0.717, 1.165) is 0 Å². The third-order valence-electron chi connectivity index (χ3n) is 2.07. The van der Waals surface area contributed by atoms with E-state index in [0.29, 0.717) is 28.2 Å². The van der Waals surface area contributed by atoms with Gasteiger partial charge in [0.05, 0.1) is 12.3 Å². The van der Waals surface area contributed by atoms with Gasteiger partial charge in [-0.15, -0.1) is 0 Å². The lowest BCUT2D eigenvalue weighted by Crippen LogP contribution is -2.22. The van der Waals surface area contributed by atoms with Crippen LogP contribution in [0.25, 0.3) is 0 Å². The number of nitrogens with one attached hydrogen (secondary N) is 1. The summed E-state index contributed by atoms with van der Waals surface area (Å²) in [5, 5.41) is 2.67. The normalized spacial score (nSPS) is 12.1. The molecule has 0 fully saturated rings. The highest BCUT2D eigenvalue weighted by Gasteiger charge is 2.09. The fraction of sp³-hybridized carbons (Fsp3) is 0.364. The van der Waals surface area contributed by atoms with Gasteiger partial charge in [-0.2, -0.15) is 0 Å². The van der Waals surface area contributed by atoms with E-state index in [1.54, 1.807) is 18.2 Å². The fourth-order valence-corrected chi connectivity index (χ4v) is 2.57. The summed E-state index contributed by atoms with van der Waals surface area (Å²) in [6, 6.07) is 5.06. The Hall–Kier alpha value is -0.920. The number of nitrogens with two attached hydrogens (primary N) is 1. The van der Waals surface area contributed by atoms with Crippen molar-refractivity contribution in [2.24, 2.45) is 0 Å². The van der Waals surface area contributed by atoms with Crippen LogP contribution in [0.3, 0.4) is 0 Å². The number of benzene rings is 1. The molecule has 1 unspecified atom stereocenters. The monoisotopic (exact) mass is 334 g/mol. The Balaban J connectivity index is 2.51. The largest absolute Gasteiger partial charge is 0.399 e. The Morgan fingerprint density at radius 3 is 2.89 bits per heavy atom. The van der Waals surface area contributed by atoms with Crippen molar-refractivity contribution in [3.05, 3.63) is 22.7 Å². The van der Waals surface area contributed by atoms with Crippen LogP contribution in [-0.4, -0.2) is 35.3 Å². The Bertz CT molecular complexity index is 454. The molecule has 0 aliphatic heterocycles. The van der Waals surface area contributed by atoms with E-state index in [1.165, 1.54) is 7.11 Å². The highest BCUT2D eigenvalue weighted by Crippen LogP contribution is 2.24. The molecule has 1 amide bonds. The van der Waals surface area contributed by atoms with Crippen LogP contribution < -0.4 is 11.1 Å². The second kappa shape index (κ2) is 7.50. The van der Waals surface area contributed by atoms with Crippen LogP contribution in [0.15, 0.2) is 22.7 Å². The van der Waals surface area contributed by atoms with Crippen LogP contribution in [0, 0.1) is 0 Å². The molecule has 0 heterocycles. The van der Waals surface area contributed by atoms with E-state index in [1.807, 2.05) is 0 Å². The van der Waals surface area contributed by atoms with Crippen LogP contribution in [0.1, 0.15) is 0 Å². The number of methoxy groups -OCH3 is 1. The number of ether oxygens (including phenoxy) is 1. The summed E-state index contributed by atoms with van der Waals surface area (Å²) in [5.74, 6) is 0.0161. The maximum absolute atomic E-state index is 11.6. The van der Waals surface area contributed by atoms with Crippen LogP contribution in [0.4, 0.5) is 11.4 Å². The van der Waals surface area contributed by atoms with Gasteiger partial charge in [-0.3, -0.25) is 9.00 Å². The van der Waals surface area contributed by atoms with Gasteiger partial charge < -0.3 is 15.8 Å². The van der Waals surface area contributed by atoms with E-state index in [-0.39, 0.29) is 11.7 Å². The number of carbonyl (C=O) groups is 1. The van der Waals surface area contributed by atoms with Crippen LogP contribution >= 0.6 is 15.9 Å². The van der Waals surface area contributed by atoms with Crippen molar-refractivity contribution in [2.45, 2.75) is 0 Å². The number of rotatable bonds is 6. The number of halogens is 1. The SMILES string of the molecule is COCCS(=O)CC(=O)Nc1ccc(N)cc1Br. The molecular weight excluding hydrogens is 320 g/mol. The molecule has 0 aliphatic rings. The fourth-order valence-electron chi connectivity index (χ4n) is 1.21. The number of hydrogen-bond donors (Lipinski definition) is 2. The molecule has 0 bridgehead atoms. The van der Waals surface area contributed by atoms with Crippen molar-refractivity contribution < 1.29 is 13.7 Å². The number of hydrogen-bond acceptors (Lipinski definition) is 4. The number of carbonyl (C=O) groups excluding carboxylic acids is 1. The molecule has 0 radical (unpaired) electrons. The summed E-state index contributed by atoms with van der Waals surface area (Å²) >= 11 is 3.29. The first kappa shape index (κ1) is 15.1. The first-order valence-electron chi connectivity index (χ1n) is 5.21. The summed E-state index contributed by atoms with van der Waals surface area (Å²) in [5.41, 5.74) is 6.80. The van der Waals surface area contributed by atoms with E-state index >= 15 is 0 Å². The average Bonchev–Trinajstić information content (AvgIpc) is 2.30. The molecule has 3 N–H and O–H groups in total. The van der Waals surface area contributed by atoms with Gasteiger partial charge in [0.2, 0.25) is 5.91 Å². The topological polar surface area (TPSA) is 81.4 Å². The molecule has 18 heavy (non-hydrogen) atoms. The molecule has 0 saturated carbocycles. The number of anilines is 2. The standard InChI is InChI=1S/C11H15BrN2O3S/c1-17-4-5-18(16)7-11(15)14-10-3-2-8(13)6-9(10)12/h2-3,6H,4-5,7,13H2,1H3,(H,14,15). The first-order valence-corrected chi connectivity index (χ1v) is 7.50. The molecular formula is C11H15BrN2O3S. The van der Waals surface area contributed by atoms with Gasteiger partial charge in [0, 0.05) is 33.8 Å². The predicted molar refractivity (Wildman–Crippen MR) is 76.9 cm³/mol. The Kier molecular flexibility index (Phi) is 6.31. The summed E-state index contributed by atoms with van der Waals surface area (Å²) in [7, 11) is 0.319. The zero-order chi connectivity index (χ0) is 13.5. The minimum Gasteiger partial charge on any atom is -0.399 e. The maximum atomic E-state index is 11.6. The Morgan fingerprint density at radius 1 is 1.56 bits per heavy atom. The van der Waals surface area contributed by atoms with Gasteiger partial charge in [-0.1, -0.05) is 0 Å². The molecule has 7 heteroatoms. The second-order valence-corrected chi connectivity index (χ2v) is 6.00. The zero-order valence-corrected chi connectivity index (χ0v) is 12.3. The second-order valence-electron chi connectivity index (χ2n) is 3.57. The molecule has 1 rings (SSSR count). The Morgan fingerprint density at radius 2 is 2.28 bits per heavy atom. The highest BCUT2D eigenvalue weighted by molar-refractivity contribution is 9.10. The van der Waals surface area contributed by atoms with Crippen molar-refractivity contribution in [3.63, 3.8) is 0 Å². The van der Waals surface area contributed by atoms with Crippen molar-refractivity contribution >= 4 is 44.0 Å². The third kappa shape index (κ3) is 5.16. The molecule has 1 atom stereocenters. The van der Waals surface area contributed by atoms with E-state index in [2.05, 4.69) is 21.2 Å². The first-order chi connectivity index (χ1) is 8.52. The molecule has 0 saturated heterocycles. The van der Waals surface area contributed by atoms with Gasteiger partial charge in [0.1, 0.15) is 5.75 Å². The lowest BCUT2D eigenvalue weighted by atomic mass is 10.3. The summed E-state index contributed by atoms with van der Waals surface area (Å²) in [6.07, 6.45) is 0. The highest BCUT2D eigenvalue weighted by atomic mass is 79.9. The molecule has 0 spiro atoms. The van der Waals surface area contributed by atoms with Gasteiger partial charge >= 0.3 is 0 Å². The lowest BCUT2D eigenvalue weighted by molar-refractivity contribution is -0.113. The van der Waals surface area contributed by atoms with Crippen LogP contribution in [0.2, 0.25) is 0 Å². The predicted octanol–water partition coefficient (Wildman–Crippen LogP) is 1.36. The summed E-state index contributed by atoms with van der Waals surface area (Å²) < 4.78 is 17.0. The summed E-state index contributed by atoms with van der Waals surface area (Å²) in [6.45, 7) is 0.380. The molecule has 5 nitrogen and oxygen atoms in total. The van der Waals surface area contributed by atoms with Crippen molar-refractivity contribution in [2.75, 3.05) is 36.3 Å². The van der Waals surface area contributed by atoms with Crippen molar-refractivity contribution in [3.8, 4) is 0 Å². The average molecular weight is 335 g/mol. The van der Waals surface area contributed by atoms with Gasteiger partial charge in [-0.25, -0.2) is 0 Å². The molecule has 0 aromatic heterocycles. The van der Waals surface area contributed by atoms with Crippen LogP contribution in [0.5, 0.6) is 0 Å². The zero-order valence-electron chi connectivity index (χ0n) is 9.94. The van der Waals surface area contributed by atoms with E-state index < -0.39 is 10.8 Å². The lowest BCUT2D eigenvalue weighted by Gasteiger charge is -2.08. The van der Waals surface area contributed by atoms with Gasteiger partial charge in [0.25, 0.3) is 0 Å².